The smallest absolute Gasteiger partial charge is 0.326 e. The van der Waals surface area contributed by atoms with Gasteiger partial charge in [-0.25, -0.2) is 4.79 Å². The molecule has 236 valence electrons. The Morgan fingerprint density at radius 1 is 1.05 bits per heavy atom. The van der Waals surface area contributed by atoms with Gasteiger partial charge in [-0.2, -0.15) is 0 Å². The van der Waals surface area contributed by atoms with Crippen LogP contribution in [0.25, 0.3) is 0 Å². The van der Waals surface area contributed by atoms with E-state index < -0.39 is 29.6 Å². The van der Waals surface area contributed by atoms with E-state index in [1.165, 1.54) is 6.92 Å². The van der Waals surface area contributed by atoms with Crippen molar-refractivity contribution in [2.24, 2.45) is 5.41 Å². The van der Waals surface area contributed by atoms with E-state index in [2.05, 4.69) is 10.6 Å². The first-order chi connectivity index (χ1) is 21.0. The number of carboxylic acids is 1. The summed E-state index contributed by atoms with van der Waals surface area (Å²) in [6, 6.07) is 12.2. The summed E-state index contributed by atoms with van der Waals surface area (Å²) in [4.78, 5) is 66.9. The molecule has 2 aromatic carbocycles. The van der Waals surface area contributed by atoms with Gasteiger partial charge in [-0.3, -0.25) is 24.1 Å². The number of aliphatic carboxylic acids is 1. The number of nitrogens with zero attached hydrogens (tertiary/aromatic N) is 2. The van der Waals surface area contributed by atoms with E-state index >= 15 is 0 Å². The lowest BCUT2D eigenvalue weighted by atomic mass is 9.81. The Bertz CT molecular complexity index is 1370. The zero-order valence-electron chi connectivity index (χ0n) is 25.5. The molecule has 0 spiro atoms. The van der Waals surface area contributed by atoms with Crippen molar-refractivity contribution in [2.45, 2.75) is 90.4 Å². The summed E-state index contributed by atoms with van der Waals surface area (Å²) in [5, 5.41) is 16.0. The Hall–Kier alpha value is -3.92. The first-order valence-corrected chi connectivity index (χ1v) is 15.6. The molecule has 0 aromatic heterocycles. The lowest BCUT2D eigenvalue weighted by Gasteiger charge is -2.31. The third-order valence-electron chi connectivity index (χ3n) is 8.72. The summed E-state index contributed by atoms with van der Waals surface area (Å²) in [5.74, 6) is -1.96. The summed E-state index contributed by atoms with van der Waals surface area (Å²) in [5.41, 5.74) is 1.27. The van der Waals surface area contributed by atoms with E-state index in [9.17, 15) is 29.1 Å². The highest BCUT2D eigenvalue weighted by molar-refractivity contribution is 6.30. The molecule has 2 aliphatic rings. The first-order valence-electron chi connectivity index (χ1n) is 15.2. The number of hydrogen-bond acceptors (Lipinski definition) is 5. The van der Waals surface area contributed by atoms with Crippen molar-refractivity contribution in [2.75, 3.05) is 11.4 Å². The highest BCUT2D eigenvalue weighted by Gasteiger charge is 2.47. The second-order valence-electron chi connectivity index (χ2n) is 11.8. The molecule has 1 saturated carbocycles. The quantitative estimate of drug-likeness (QED) is 0.316. The van der Waals surface area contributed by atoms with E-state index in [0.29, 0.717) is 54.9 Å². The summed E-state index contributed by atoms with van der Waals surface area (Å²) in [6.07, 6.45) is 3.84. The van der Waals surface area contributed by atoms with Crippen LogP contribution in [-0.2, 0) is 30.4 Å². The number of benzene rings is 2. The lowest BCUT2D eigenvalue weighted by Crippen LogP contribution is -2.49. The second kappa shape index (κ2) is 14.2. The molecule has 10 nitrogen and oxygen atoms in total. The van der Waals surface area contributed by atoms with Gasteiger partial charge in [0.2, 0.25) is 17.7 Å². The van der Waals surface area contributed by atoms with Crippen LogP contribution in [0.1, 0.15) is 83.0 Å². The van der Waals surface area contributed by atoms with Gasteiger partial charge in [0.05, 0.1) is 5.41 Å². The van der Waals surface area contributed by atoms with E-state index in [1.807, 2.05) is 6.92 Å². The highest BCUT2D eigenvalue weighted by atomic mass is 35.5. The Labute approximate surface area is 263 Å². The van der Waals surface area contributed by atoms with Gasteiger partial charge in [-0.15, -0.1) is 0 Å². The van der Waals surface area contributed by atoms with Crippen molar-refractivity contribution >= 4 is 46.9 Å². The Balaban J connectivity index is 1.54. The first kappa shape index (κ1) is 33.0. The molecule has 1 aliphatic heterocycles. The maximum atomic E-state index is 13.6. The van der Waals surface area contributed by atoms with Crippen molar-refractivity contribution < 1.29 is 29.1 Å². The molecule has 0 bridgehead atoms. The molecule has 44 heavy (non-hydrogen) atoms. The molecular formula is C33H41ClN4O6. The second-order valence-corrected chi connectivity index (χ2v) is 12.3. The number of halogens is 1. The van der Waals surface area contributed by atoms with Crippen molar-refractivity contribution in [3.63, 3.8) is 0 Å². The van der Waals surface area contributed by atoms with Crippen LogP contribution in [0.2, 0.25) is 5.02 Å². The van der Waals surface area contributed by atoms with Gasteiger partial charge in [-0.1, -0.05) is 55.6 Å². The molecule has 3 atom stereocenters. The van der Waals surface area contributed by atoms with Crippen LogP contribution in [0.3, 0.4) is 0 Å². The molecule has 4 rings (SSSR count). The van der Waals surface area contributed by atoms with Gasteiger partial charge in [0, 0.05) is 37.0 Å². The molecule has 3 unspecified atom stereocenters. The summed E-state index contributed by atoms with van der Waals surface area (Å²) in [7, 11) is 0. The normalized spacial score (nSPS) is 20.0. The molecular weight excluding hydrogens is 584 g/mol. The standard InChI is InChI=1S/C33H41ClN4O6/c1-4-7-28(40)37-21(2)30(41)38(29(37)24-10-12-25(34)13-11-24)26-14-8-23(9-15-26)20-27(31(42)43)36-32(44)33(16-5-6-17-33)18-19-35-22(3)39/h8-15,21,27,29H,4-7,16-20H2,1-3H3,(H,35,39)(H,36,44)(H,42,43). The van der Waals surface area contributed by atoms with Crippen LogP contribution in [0.5, 0.6) is 0 Å². The van der Waals surface area contributed by atoms with Crippen LogP contribution in [0.15, 0.2) is 48.5 Å². The largest absolute Gasteiger partial charge is 0.480 e. The molecule has 1 aliphatic carbocycles. The van der Waals surface area contributed by atoms with E-state index in [0.717, 1.165) is 18.4 Å². The monoisotopic (exact) mass is 624 g/mol. The predicted octanol–water partition coefficient (Wildman–Crippen LogP) is 4.60. The third-order valence-corrected chi connectivity index (χ3v) is 8.97. The van der Waals surface area contributed by atoms with Crippen molar-refractivity contribution in [1.82, 2.24) is 15.5 Å². The molecule has 1 saturated heterocycles. The molecule has 0 radical (unpaired) electrons. The Kier molecular flexibility index (Phi) is 10.7. The minimum absolute atomic E-state index is 0.0508. The average Bonchev–Trinajstić information content (AvgIpc) is 3.57. The molecule has 2 aromatic rings. The van der Waals surface area contributed by atoms with Gasteiger partial charge < -0.3 is 20.6 Å². The Morgan fingerprint density at radius 3 is 2.25 bits per heavy atom. The predicted molar refractivity (Wildman–Crippen MR) is 167 cm³/mol. The summed E-state index contributed by atoms with van der Waals surface area (Å²) in [6.45, 7) is 5.42. The number of carbonyl (C=O) groups is 5. The summed E-state index contributed by atoms with van der Waals surface area (Å²) >= 11 is 6.12. The maximum Gasteiger partial charge on any atom is 0.326 e. The number of carboxylic acid groups (broad SMARTS) is 1. The van der Waals surface area contributed by atoms with Crippen LogP contribution in [0.4, 0.5) is 5.69 Å². The zero-order valence-corrected chi connectivity index (χ0v) is 26.2. The zero-order chi connectivity index (χ0) is 32.0. The van der Waals surface area contributed by atoms with Crippen LogP contribution in [-0.4, -0.2) is 58.2 Å². The fourth-order valence-corrected chi connectivity index (χ4v) is 6.47. The minimum Gasteiger partial charge on any atom is -0.480 e. The van der Waals surface area contributed by atoms with Gasteiger partial charge in [0.25, 0.3) is 5.91 Å². The number of hydrogen-bond donors (Lipinski definition) is 3. The van der Waals surface area contributed by atoms with Gasteiger partial charge in [0.1, 0.15) is 18.2 Å². The fraction of sp³-hybridized carbons (Fsp3) is 0.485. The van der Waals surface area contributed by atoms with Crippen molar-refractivity contribution in [3.8, 4) is 0 Å². The molecule has 3 N–H and O–H groups in total. The SMILES string of the molecule is CCCC(=O)N1C(C)C(=O)N(c2ccc(CC(NC(=O)C3(CCNC(C)=O)CCCC3)C(=O)O)cc2)C1c1ccc(Cl)cc1. The van der Waals surface area contributed by atoms with Crippen molar-refractivity contribution in [1.29, 1.82) is 0 Å². The fourth-order valence-electron chi connectivity index (χ4n) is 6.35. The number of carbonyl (C=O) groups excluding carboxylic acids is 4. The van der Waals surface area contributed by atoms with Crippen LogP contribution < -0.4 is 15.5 Å². The van der Waals surface area contributed by atoms with E-state index in [1.54, 1.807) is 65.3 Å². The molecule has 11 heteroatoms. The topological polar surface area (TPSA) is 136 Å². The number of anilines is 1. The summed E-state index contributed by atoms with van der Waals surface area (Å²) < 4.78 is 0. The molecule has 2 fully saturated rings. The van der Waals surface area contributed by atoms with E-state index in [4.69, 9.17) is 11.6 Å². The van der Waals surface area contributed by atoms with Gasteiger partial charge in [0.15, 0.2) is 0 Å². The highest BCUT2D eigenvalue weighted by Crippen LogP contribution is 2.42. The average molecular weight is 625 g/mol. The molecule has 1 heterocycles. The number of nitrogens with one attached hydrogen (secondary N) is 2. The van der Waals surface area contributed by atoms with Crippen LogP contribution >= 0.6 is 11.6 Å². The van der Waals surface area contributed by atoms with Crippen LogP contribution in [0, 0.1) is 5.41 Å². The minimum atomic E-state index is -1.15. The number of amides is 4. The van der Waals surface area contributed by atoms with E-state index in [-0.39, 0.29) is 30.0 Å². The third kappa shape index (κ3) is 7.23. The molecule has 4 amide bonds. The Morgan fingerprint density at radius 2 is 1.68 bits per heavy atom. The van der Waals surface area contributed by atoms with Gasteiger partial charge in [-0.05, 0) is 68.0 Å². The maximum absolute atomic E-state index is 13.6. The number of rotatable bonds is 12. The lowest BCUT2D eigenvalue weighted by molar-refractivity contribution is -0.144. The van der Waals surface area contributed by atoms with Crippen molar-refractivity contribution in [3.05, 3.63) is 64.7 Å². The van der Waals surface area contributed by atoms with Gasteiger partial charge >= 0.3 is 5.97 Å².